The van der Waals surface area contributed by atoms with Gasteiger partial charge in [-0.25, -0.2) is 4.99 Å². The summed E-state index contributed by atoms with van der Waals surface area (Å²) in [6.07, 6.45) is 2.24. The van der Waals surface area contributed by atoms with Crippen molar-refractivity contribution in [2.45, 2.75) is 27.7 Å². The van der Waals surface area contributed by atoms with Crippen LogP contribution in [0.5, 0.6) is 5.75 Å². The van der Waals surface area contributed by atoms with Gasteiger partial charge in [0.05, 0.1) is 18.4 Å². The smallest absolute Gasteiger partial charge is 0.140 e. The minimum Gasteiger partial charge on any atom is -0.496 e. The number of amidine groups is 1. The highest BCUT2D eigenvalue weighted by atomic mass is 31.1. The van der Waals surface area contributed by atoms with Gasteiger partial charge in [0.15, 0.2) is 0 Å². The molecule has 0 saturated carbocycles. The van der Waals surface area contributed by atoms with E-state index in [-0.39, 0.29) is 8.07 Å². The van der Waals surface area contributed by atoms with Gasteiger partial charge >= 0.3 is 0 Å². The van der Waals surface area contributed by atoms with Crippen molar-refractivity contribution in [2.75, 3.05) is 19.4 Å². The number of para-hydroxylation sites is 2. The lowest BCUT2D eigenvalue weighted by Crippen LogP contribution is -2.21. The molecule has 0 aliphatic rings. The van der Waals surface area contributed by atoms with Gasteiger partial charge in [0.2, 0.25) is 0 Å². The number of aryl methyl sites for hydroxylation is 2. The third kappa shape index (κ3) is 4.36. The van der Waals surface area contributed by atoms with Crippen LogP contribution in [-0.4, -0.2) is 25.3 Å². The van der Waals surface area contributed by atoms with E-state index in [0.717, 1.165) is 35.2 Å². The van der Waals surface area contributed by atoms with Crippen LogP contribution in [0.1, 0.15) is 30.5 Å². The Bertz CT molecular complexity index is 688. The van der Waals surface area contributed by atoms with Crippen LogP contribution < -0.4 is 9.82 Å². The van der Waals surface area contributed by atoms with E-state index < -0.39 is 0 Å². The number of hydrogen-bond donors (Lipinski definition) is 1. The van der Waals surface area contributed by atoms with E-state index in [9.17, 15) is 0 Å². The number of benzene rings is 2. The topological polar surface area (TPSA) is 33.6 Å². The zero-order valence-electron chi connectivity index (χ0n) is 15.3. The first-order valence-electron chi connectivity index (χ1n) is 8.40. The average Bonchev–Trinajstić information content (AvgIpc) is 2.61. The largest absolute Gasteiger partial charge is 0.496 e. The van der Waals surface area contributed by atoms with Crippen molar-refractivity contribution in [3.05, 3.63) is 59.2 Å². The molecule has 0 bridgehead atoms. The van der Waals surface area contributed by atoms with Gasteiger partial charge < -0.3 is 9.82 Å². The van der Waals surface area contributed by atoms with Crippen molar-refractivity contribution in [3.63, 3.8) is 0 Å². The molecule has 0 atom stereocenters. The van der Waals surface area contributed by atoms with Gasteiger partial charge in [0.1, 0.15) is 11.6 Å². The number of methoxy groups -OCH3 is 1. The summed E-state index contributed by atoms with van der Waals surface area (Å²) in [6, 6.07) is 14.4. The summed E-state index contributed by atoms with van der Waals surface area (Å²) >= 11 is 0. The molecule has 1 N–H and O–H groups in total. The molecule has 0 aromatic heterocycles. The van der Waals surface area contributed by atoms with Crippen LogP contribution in [0.2, 0.25) is 0 Å². The lowest BCUT2D eigenvalue weighted by molar-refractivity contribution is 0.414. The van der Waals surface area contributed by atoms with E-state index in [1.807, 2.05) is 18.2 Å². The van der Waals surface area contributed by atoms with Crippen LogP contribution in [0.3, 0.4) is 0 Å². The average molecular weight is 342 g/mol. The molecule has 2 rings (SSSR count). The van der Waals surface area contributed by atoms with E-state index in [0.29, 0.717) is 0 Å². The normalized spacial score (nSPS) is 11.7. The first-order chi connectivity index (χ1) is 11.6. The molecule has 2 aromatic rings. The lowest BCUT2D eigenvalue weighted by Gasteiger charge is -2.20. The highest BCUT2D eigenvalue weighted by Crippen LogP contribution is 2.32. The number of aliphatic imine (C=N–C) groups is 1. The van der Waals surface area contributed by atoms with Crippen molar-refractivity contribution in [3.8, 4) is 5.75 Å². The number of rotatable bonds is 6. The summed E-state index contributed by atoms with van der Waals surface area (Å²) < 4.78 is 5.56. The quantitative estimate of drug-likeness (QED) is 0.432. The molecule has 0 aliphatic carbocycles. The Morgan fingerprint density at radius 2 is 1.62 bits per heavy atom. The summed E-state index contributed by atoms with van der Waals surface area (Å²) in [5.41, 5.74) is 4.41. The molecule has 0 spiro atoms. The van der Waals surface area contributed by atoms with Gasteiger partial charge in [-0.3, -0.25) is 0 Å². The summed E-state index contributed by atoms with van der Waals surface area (Å²) in [4.78, 5) is 5.01. The zero-order valence-corrected chi connectivity index (χ0v) is 16.2. The van der Waals surface area contributed by atoms with Gasteiger partial charge in [0.25, 0.3) is 0 Å². The van der Waals surface area contributed by atoms with Gasteiger partial charge in [0, 0.05) is 0 Å². The fourth-order valence-corrected chi connectivity index (χ4v) is 3.84. The van der Waals surface area contributed by atoms with E-state index in [2.05, 4.69) is 57.0 Å². The fraction of sp³-hybridized carbons (Fsp3) is 0.350. The Kier molecular flexibility index (Phi) is 6.81. The number of nitrogens with one attached hydrogen (secondary N) is 1. The molecule has 0 heterocycles. The number of hydrogen-bond acceptors (Lipinski definition) is 2. The highest BCUT2D eigenvalue weighted by Gasteiger charge is 2.14. The molecular weight excluding hydrogens is 315 g/mol. The van der Waals surface area contributed by atoms with Crippen LogP contribution in [-0.2, 0) is 0 Å². The highest BCUT2D eigenvalue weighted by molar-refractivity contribution is 7.56. The molecule has 128 valence electrons. The molecule has 24 heavy (non-hydrogen) atoms. The molecule has 0 unspecified atom stereocenters. The molecule has 0 fully saturated rings. The second-order valence-electron chi connectivity index (χ2n) is 5.69. The molecule has 4 heteroatoms. The van der Waals surface area contributed by atoms with Crippen molar-refractivity contribution in [1.29, 1.82) is 0 Å². The summed E-state index contributed by atoms with van der Waals surface area (Å²) in [5, 5.41) is 3.68. The molecule has 0 saturated heterocycles. The lowest BCUT2D eigenvalue weighted by atomic mass is 10.1. The first kappa shape index (κ1) is 18.5. The molecule has 3 nitrogen and oxygen atoms in total. The maximum Gasteiger partial charge on any atom is 0.140 e. The van der Waals surface area contributed by atoms with Crippen LogP contribution >= 0.6 is 8.07 Å². The SMILES string of the molecule is CCP(CC)NC(=Nc1c(C)cccc1C)c1ccccc1OC. The van der Waals surface area contributed by atoms with E-state index in [1.54, 1.807) is 7.11 Å². The molecule has 0 radical (unpaired) electrons. The standard InChI is InChI=1S/C20H27N2OP/c1-6-24(7-2)22-20(17-13-8-9-14-18(17)23-5)21-19-15(3)11-10-12-16(19)4/h8-14H,6-7H2,1-5H3,(H,21,22). The Morgan fingerprint density at radius 3 is 2.21 bits per heavy atom. The second-order valence-corrected chi connectivity index (χ2v) is 8.25. The monoisotopic (exact) mass is 342 g/mol. The molecule has 0 aliphatic heterocycles. The van der Waals surface area contributed by atoms with Crippen molar-refractivity contribution in [1.82, 2.24) is 5.09 Å². The Hall–Kier alpha value is -1.86. The van der Waals surface area contributed by atoms with E-state index in [1.165, 1.54) is 11.1 Å². The first-order valence-corrected chi connectivity index (χ1v) is 10.1. The van der Waals surface area contributed by atoms with Gasteiger partial charge in [-0.1, -0.05) is 44.2 Å². The molecular formula is C20H27N2OP. The van der Waals surface area contributed by atoms with Gasteiger partial charge in [-0.05, 0) is 57.5 Å². The Balaban J connectivity index is 2.56. The van der Waals surface area contributed by atoms with E-state index in [4.69, 9.17) is 9.73 Å². The fourth-order valence-electron chi connectivity index (χ4n) is 2.61. The van der Waals surface area contributed by atoms with Crippen LogP contribution in [0.4, 0.5) is 5.69 Å². The summed E-state index contributed by atoms with van der Waals surface area (Å²) in [6.45, 7) is 8.66. The van der Waals surface area contributed by atoms with Crippen molar-refractivity contribution in [2.24, 2.45) is 4.99 Å². The van der Waals surface area contributed by atoms with E-state index >= 15 is 0 Å². The Labute approximate surface area is 147 Å². The second kappa shape index (κ2) is 8.84. The van der Waals surface area contributed by atoms with Crippen LogP contribution in [0.25, 0.3) is 0 Å². The predicted molar refractivity (Wildman–Crippen MR) is 106 cm³/mol. The van der Waals surface area contributed by atoms with Crippen LogP contribution in [0, 0.1) is 13.8 Å². The third-order valence-corrected chi connectivity index (χ3v) is 6.11. The zero-order chi connectivity index (χ0) is 17.5. The number of ether oxygens (including phenoxy) is 1. The van der Waals surface area contributed by atoms with Gasteiger partial charge in [-0.15, -0.1) is 0 Å². The Morgan fingerprint density at radius 1 is 1.00 bits per heavy atom. The number of nitrogens with zero attached hydrogens (tertiary/aromatic N) is 1. The minimum absolute atomic E-state index is 0.288. The maximum absolute atomic E-state index is 5.56. The molecule has 0 amide bonds. The van der Waals surface area contributed by atoms with Gasteiger partial charge in [-0.2, -0.15) is 0 Å². The molecule has 2 aromatic carbocycles. The third-order valence-electron chi connectivity index (χ3n) is 4.05. The van der Waals surface area contributed by atoms with Crippen molar-refractivity contribution >= 4 is 19.6 Å². The minimum atomic E-state index is -0.288. The predicted octanol–water partition coefficient (Wildman–Crippen LogP) is 5.42. The summed E-state index contributed by atoms with van der Waals surface area (Å²) in [7, 11) is 1.42. The van der Waals surface area contributed by atoms with Crippen LogP contribution in [0.15, 0.2) is 47.5 Å². The van der Waals surface area contributed by atoms with Crippen molar-refractivity contribution < 1.29 is 4.74 Å². The summed E-state index contributed by atoms with van der Waals surface area (Å²) in [5.74, 6) is 1.75. The maximum atomic E-state index is 5.56.